The van der Waals surface area contributed by atoms with Crippen LogP contribution >= 0.6 is 15.6 Å². The summed E-state index contributed by atoms with van der Waals surface area (Å²) in [5, 5.41) is 10.6. The molecule has 17 nitrogen and oxygen atoms in total. The summed E-state index contributed by atoms with van der Waals surface area (Å²) in [7, 11) is -9.91. The van der Waals surface area contributed by atoms with Gasteiger partial charge >= 0.3 is 39.5 Å². The van der Waals surface area contributed by atoms with Crippen LogP contribution in [0.5, 0.6) is 0 Å². The molecule has 3 N–H and O–H groups in total. The van der Waals surface area contributed by atoms with E-state index in [2.05, 4.69) is 48.5 Å². The molecule has 0 aliphatic rings. The molecule has 0 radical (unpaired) electrons. The van der Waals surface area contributed by atoms with Gasteiger partial charge in [-0.25, -0.2) is 9.13 Å². The predicted octanol–water partition coefficient (Wildman–Crippen LogP) is 21.4. The van der Waals surface area contributed by atoms with Crippen molar-refractivity contribution in [3.8, 4) is 0 Å². The molecule has 0 amide bonds. The minimum absolute atomic E-state index is 0.104. The molecule has 7 atom stereocenters. The van der Waals surface area contributed by atoms with Crippen molar-refractivity contribution < 1.29 is 80.2 Å². The zero-order valence-electron chi connectivity index (χ0n) is 60.7. The second kappa shape index (κ2) is 64.7. The van der Waals surface area contributed by atoms with E-state index < -0.39 is 97.5 Å². The number of esters is 4. The van der Waals surface area contributed by atoms with E-state index in [0.717, 1.165) is 108 Å². The summed E-state index contributed by atoms with van der Waals surface area (Å²) < 4.78 is 68.5. The van der Waals surface area contributed by atoms with Crippen LogP contribution in [0.15, 0.2) is 0 Å². The van der Waals surface area contributed by atoms with Crippen LogP contribution in [0.25, 0.3) is 0 Å². The number of ether oxygens (including phenoxy) is 4. The van der Waals surface area contributed by atoms with Gasteiger partial charge in [0.15, 0.2) is 12.2 Å². The minimum Gasteiger partial charge on any atom is -0.462 e. The fraction of sp³-hybridized carbons (Fsp3) is 0.946. The molecule has 0 aromatic carbocycles. The number of rotatable bonds is 72. The van der Waals surface area contributed by atoms with Gasteiger partial charge in [0.2, 0.25) is 0 Å². The highest BCUT2D eigenvalue weighted by molar-refractivity contribution is 7.47. The Hall–Kier alpha value is -1.94. The van der Waals surface area contributed by atoms with E-state index in [9.17, 15) is 43.2 Å². The Balaban J connectivity index is 5.27. The fourth-order valence-corrected chi connectivity index (χ4v) is 12.8. The molecular formula is C74H144O17P2. The van der Waals surface area contributed by atoms with Gasteiger partial charge in [0.25, 0.3) is 0 Å². The van der Waals surface area contributed by atoms with Gasteiger partial charge < -0.3 is 33.8 Å². The SMILES string of the molecule is CCCCCCCCCCCCCCCCCCC(=O)O[C@H](COC(=O)CCCCCCCCCCCCC(C)CC)COP(=O)(O)OC[C@@H](O)COP(=O)(O)OC[C@@H](COC(=O)CCCCCCCCCCC(C)C)OC(=O)CCCCCCCCCCC(C)CC. The Morgan fingerprint density at radius 2 is 0.548 bits per heavy atom. The van der Waals surface area contributed by atoms with Crippen molar-refractivity contribution in [2.24, 2.45) is 17.8 Å². The van der Waals surface area contributed by atoms with Crippen LogP contribution in [-0.4, -0.2) is 96.7 Å². The van der Waals surface area contributed by atoms with Crippen molar-refractivity contribution in [3.63, 3.8) is 0 Å². The van der Waals surface area contributed by atoms with Crippen molar-refractivity contribution in [2.45, 2.75) is 394 Å². The van der Waals surface area contributed by atoms with Crippen molar-refractivity contribution in [1.82, 2.24) is 0 Å². The van der Waals surface area contributed by atoms with Gasteiger partial charge in [-0.1, -0.05) is 325 Å². The molecule has 0 heterocycles. The number of hydrogen-bond donors (Lipinski definition) is 3. The highest BCUT2D eigenvalue weighted by atomic mass is 31.2. The van der Waals surface area contributed by atoms with E-state index >= 15 is 0 Å². The smallest absolute Gasteiger partial charge is 0.462 e. The van der Waals surface area contributed by atoms with Gasteiger partial charge in [-0.3, -0.25) is 37.3 Å². The Morgan fingerprint density at radius 3 is 0.817 bits per heavy atom. The summed E-state index contributed by atoms with van der Waals surface area (Å²) in [5.41, 5.74) is 0. The first-order valence-corrected chi connectivity index (χ1v) is 41.4. The Bertz CT molecular complexity index is 1820. The maximum Gasteiger partial charge on any atom is 0.472 e. The molecule has 0 aliphatic carbocycles. The number of carbonyl (C=O) groups is 4. The first kappa shape index (κ1) is 91.1. The third-order valence-corrected chi connectivity index (χ3v) is 19.8. The summed E-state index contributed by atoms with van der Waals surface area (Å²) in [6, 6.07) is 0. The highest BCUT2D eigenvalue weighted by Gasteiger charge is 2.30. The third-order valence-electron chi connectivity index (χ3n) is 17.9. The van der Waals surface area contributed by atoms with Crippen molar-refractivity contribution in [2.75, 3.05) is 39.6 Å². The molecule has 552 valence electrons. The monoisotopic (exact) mass is 1370 g/mol. The van der Waals surface area contributed by atoms with Gasteiger partial charge in [-0.05, 0) is 43.4 Å². The Labute approximate surface area is 568 Å². The maximum absolute atomic E-state index is 13.1. The molecule has 0 aliphatic heterocycles. The van der Waals surface area contributed by atoms with Crippen LogP contribution in [0.3, 0.4) is 0 Å². The highest BCUT2D eigenvalue weighted by Crippen LogP contribution is 2.45. The zero-order valence-corrected chi connectivity index (χ0v) is 62.5. The van der Waals surface area contributed by atoms with Gasteiger partial charge in [0.1, 0.15) is 19.3 Å². The summed E-state index contributed by atoms with van der Waals surface area (Å²) >= 11 is 0. The van der Waals surface area contributed by atoms with E-state index in [1.54, 1.807) is 0 Å². The molecule has 4 unspecified atom stereocenters. The van der Waals surface area contributed by atoms with E-state index in [1.807, 2.05) is 0 Å². The molecular weight excluding hydrogens is 1220 g/mol. The van der Waals surface area contributed by atoms with Crippen LogP contribution < -0.4 is 0 Å². The van der Waals surface area contributed by atoms with Gasteiger partial charge in [-0.2, -0.15) is 0 Å². The number of hydrogen-bond acceptors (Lipinski definition) is 15. The number of aliphatic hydroxyl groups is 1. The molecule has 0 aromatic rings. The van der Waals surface area contributed by atoms with Gasteiger partial charge in [0, 0.05) is 25.7 Å². The molecule has 0 saturated heterocycles. The average molecular weight is 1370 g/mol. The first-order chi connectivity index (χ1) is 44.8. The van der Waals surface area contributed by atoms with E-state index in [0.29, 0.717) is 25.7 Å². The second-order valence-electron chi connectivity index (χ2n) is 27.6. The maximum atomic E-state index is 13.1. The van der Waals surface area contributed by atoms with E-state index in [1.165, 1.54) is 186 Å². The summed E-state index contributed by atoms with van der Waals surface area (Å²) in [6.07, 6.45) is 49.8. The molecule has 0 aromatic heterocycles. The summed E-state index contributed by atoms with van der Waals surface area (Å²) in [6.45, 7) is 11.9. The van der Waals surface area contributed by atoms with Crippen molar-refractivity contribution in [3.05, 3.63) is 0 Å². The Kier molecular flexibility index (Phi) is 63.4. The predicted molar refractivity (Wildman–Crippen MR) is 377 cm³/mol. The quantitative estimate of drug-likeness (QED) is 0.0222. The molecule has 0 fully saturated rings. The fourth-order valence-electron chi connectivity index (χ4n) is 11.2. The number of aliphatic hydroxyl groups excluding tert-OH is 1. The lowest BCUT2D eigenvalue weighted by Crippen LogP contribution is -2.30. The number of carbonyl (C=O) groups excluding carboxylic acids is 4. The summed E-state index contributed by atoms with van der Waals surface area (Å²) in [4.78, 5) is 72.7. The molecule has 19 heteroatoms. The van der Waals surface area contributed by atoms with Crippen LogP contribution in [0.4, 0.5) is 0 Å². The minimum atomic E-state index is -4.96. The van der Waals surface area contributed by atoms with Gasteiger partial charge in [0.05, 0.1) is 26.4 Å². The standard InChI is InChI=1S/C74H144O17P2/c1-8-11-12-13-14-15-16-17-18-19-20-21-26-36-43-50-57-73(78)90-69(61-84-71(76)55-48-41-34-25-23-22-24-32-39-46-53-66(6)9-2)63-88-92(80,81)86-59-68(75)60-87-93(82,83)89-64-70(62-85-72(77)56-49-42-35-29-27-31-38-45-52-65(4)5)91-74(79)58-51-44-37-30-28-33-40-47-54-67(7)10-3/h65-70,75H,8-64H2,1-7H3,(H,80,81)(H,82,83)/t66?,67?,68-,69-,70-/m1/s1. The number of unbranched alkanes of at least 4 members (excludes halogenated alkanes) is 38. The molecule has 0 bridgehead atoms. The lowest BCUT2D eigenvalue weighted by atomic mass is 9.99. The first-order valence-electron chi connectivity index (χ1n) is 38.4. The zero-order chi connectivity index (χ0) is 68.7. The van der Waals surface area contributed by atoms with Crippen LogP contribution in [-0.2, 0) is 65.4 Å². The largest absolute Gasteiger partial charge is 0.472 e. The Morgan fingerprint density at radius 1 is 0.312 bits per heavy atom. The topological polar surface area (TPSA) is 237 Å². The second-order valence-corrected chi connectivity index (χ2v) is 30.6. The van der Waals surface area contributed by atoms with Crippen LogP contribution in [0, 0.1) is 17.8 Å². The number of phosphoric acid groups is 2. The number of phosphoric ester groups is 2. The lowest BCUT2D eigenvalue weighted by molar-refractivity contribution is -0.161. The van der Waals surface area contributed by atoms with E-state index in [4.69, 9.17) is 37.0 Å². The molecule has 0 spiro atoms. The van der Waals surface area contributed by atoms with Crippen LogP contribution in [0.2, 0.25) is 0 Å². The molecule has 0 saturated carbocycles. The average Bonchev–Trinajstić information content (AvgIpc) is 1.99. The molecule has 0 rings (SSSR count). The van der Waals surface area contributed by atoms with Crippen molar-refractivity contribution in [1.29, 1.82) is 0 Å². The van der Waals surface area contributed by atoms with Crippen LogP contribution in [0.1, 0.15) is 376 Å². The van der Waals surface area contributed by atoms with Crippen molar-refractivity contribution >= 4 is 39.5 Å². The summed E-state index contributed by atoms with van der Waals surface area (Å²) in [5.74, 6) is 0.184. The van der Waals surface area contributed by atoms with E-state index in [-0.39, 0.29) is 25.7 Å². The molecule has 93 heavy (non-hydrogen) atoms. The normalized spacial score (nSPS) is 14.7. The third kappa shape index (κ3) is 65.8. The van der Waals surface area contributed by atoms with Gasteiger partial charge in [-0.15, -0.1) is 0 Å². The lowest BCUT2D eigenvalue weighted by Gasteiger charge is -2.21.